The van der Waals surface area contributed by atoms with Crippen molar-refractivity contribution in [2.24, 2.45) is 10.7 Å². The van der Waals surface area contributed by atoms with Gasteiger partial charge in [-0.1, -0.05) is 19.9 Å². The Kier molecular flexibility index (Phi) is 12.9. The van der Waals surface area contributed by atoms with Crippen molar-refractivity contribution in [1.29, 1.82) is 0 Å². The van der Waals surface area contributed by atoms with Crippen molar-refractivity contribution in [3.63, 3.8) is 0 Å². The number of aromatic nitrogens is 2. The Bertz CT molecular complexity index is 1410. The van der Waals surface area contributed by atoms with Crippen molar-refractivity contribution in [2.45, 2.75) is 13.8 Å². The van der Waals surface area contributed by atoms with Gasteiger partial charge >= 0.3 is 0 Å². The molecule has 0 saturated carbocycles. The van der Waals surface area contributed by atoms with E-state index in [1.54, 1.807) is 19.2 Å². The van der Waals surface area contributed by atoms with Crippen LogP contribution in [0.5, 0.6) is 5.75 Å². The molecule has 0 radical (unpaired) electrons. The predicted octanol–water partition coefficient (Wildman–Crippen LogP) is 5.17. The van der Waals surface area contributed by atoms with E-state index in [2.05, 4.69) is 30.9 Å². The van der Waals surface area contributed by atoms with Crippen molar-refractivity contribution in [3.05, 3.63) is 78.3 Å². The Morgan fingerprint density at radius 1 is 1.15 bits per heavy atom. The molecule has 0 bridgehead atoms. The molecule has 1 aromatic heterocycles. The molecule has 3 rings (SSSR count). The number of carbonyl (C=O) groups excluding carboxylic acids is 1. The van der Waals surface area contributed by atoms with Gasteiger partial charge in [-0.25, -0.2) is 13.8 Å². The summed E-state index contributed by atoms with van der Waals surface area (Å²) in [6.45, 7) is 4.59. The number of rotatable bonds is 11. The van der Waals surface area contributed by atoms with Crippen LogP contribution >= 0.6 is 0 Å². The summed E-state index contributed by atoms with van der Waals surface area (Å²) >= 11 is 0. The van der Waals surface area contributed by atoms with Gasteiger partial charge in [0.05, 0.1) is 18.5 Å². The Morgan fingerprint density at radius 2 is 1.90 bits per heavy atom. The van der Waals surface area contributed by atoms with E-state index in [-0.39, 0.29) is 29.1 Å². The van der Waals surface area contributed by atoms with Crippen LogP contribution in [0.4, 0.5) is 31.9 Å². The number of aliphatic imine (C=N–C) groups is 1. The second kappa shape index (κ2) is 16.3. The average molecular weight is 567 g/mol. The highest BCUT2D eigenvalue weighted by molar-refractivity contribution is 5.99. The van der Waals surface area contributed by atoms with Crippen LogP contribution in [-0.4, -0.2) is 61.8 Å². The van der Waals surface area contributed by atoms with Crippen molar-refractivity contribution in [1.82, 2.24) is 14.9 Å². The molecule has 10 nitrogen and oxygen atoms in total. The number of amides is 1. The van der Waals surface area contributed by atoms with Crippen molar-refractivity contribution in [3.8, 4) is 16.9 Å². The topological polar surface area (TPSA) is 130 Å². The van der Waals surface area contributed by atoms with Crippen molar-refractivity contribution >= 4 is 35.3 Å². The third-order valence-electron chi connectivity index (χ3n) is 5.14. The number of ether oxygens (including phenoxy) is 1. The smallest absolute Gasteiger partial charge is 0.248 e. The zero-order valence-electron chi connectivity index (χ0n) is 24.0. The minimum atomic E-state index is -0.604. The van der Waals surface area contributed by atoms with Gasteiger partial charge < -0.3 is 31.3 Å². The monoisotopic (exact) mass is 566 g/mol. The van der Waals surface area contributed by atoms with Crippen LogP contribution in [0.1, 0.15) is 13.8 Å². The molecule has 0 spiro atoms. The zero-order chi connectivity index (χ0) is 30.4. The molecule has 0 aliphatic carbocycles. The molecule has 12 heteroatoms. The van der Waals surface area contributed by atoms with Crippen LogP contribution in [0.15, 0.2) is 71.6 Å². The molecule has 2 aromatic carbocycles. The fourth-order valence-electron chi connectivity index (χ4n) is 3.35. The van der Waals surface area contributed by atoms with Gasteiger partial charge in [0.2, 0.25) is 11.9 Å². The Hall–Kier alpha value is -4.84. The number of benzene rings is 2. The number of nitrogens with two attached hydrogens (primary N) is 1. The highest BCUT2D eigenvalue weighted by atomic mass is 19.1. The number of nitrogens with zero attached hydrogens (tertiary/aromatic N) is 4. The van der Waals surface area contributed by atoms with E-state index < -0.39 is 11.6 Å². The lowest BCUT2D eigenvalue weighted by molar-refractivity contribution is -0.111. The van der Waals surface area contributed by atoms with Crippen LogP contribution in [-0.2, 0) is 4.79 Å². The van der Waals surface area contributed by atoms with Gasteiger partial charge in [0.1, 0.15) is 23.2 Å². The number of hydrogen-bond donors (Lipinski definition) is 4. The van der Waals surface area contributed by atoms with Crippen molar-refractivity contribution < 1.29 is 18.3 Å². The first-order valence-electron chi connectivity index (χ1n) is 12.7. The number of hydrogen-bond acceptors (Lipinski definition) is 9. The van der Waals surface area contributed by atoms with E-state index in [0.29, 0.717) is 29.1 Å². The Balaban J connectivity index is 0.00000287. The van der Waals surface area contributed by atoms with Gasteiger partial charge in [-0.2, -0.15) is 4.98 Å². The van der Waals surface area contributed by atoms with Crippen LogP contribution in [0.2, 0.25) is 0 Å². The molecule has 1 amide bonds. The third kappa shape index (κ3) is 10.0. The number of carbonyl (C=O) groups is 1. The number of likely N-dealkylation sites (N-methyl/N-ethyl adjacent to an activating group) is 1. The Morgan fingerprint density at radius 3 is 2.56 bits per heavy atom. The van der Waals surface area contributed by atoms with E-state index in [4.69, 9.17) is 10.5 Å². The van der Waals surface area contributed by atoms with Crippen LogP contribution in [0, 0.1) is 11.6 Å². The lowest BCUT2D eigenvalue weighted by atomic mass is 10.1. The zero-order valence-corrected chi connectivity index (χ0v) is 24.0. The number of halogens is 2. The van der Waals surface area contributed by atoms with Crippen molar-refractivity contribution in [2.75, 3.05) is 50.7 Å². The molecule has 218 valence electrons. The van der Waals surface area contributed by atoms with Gasteiger partial charge in [0, 0.05) is 55.6 Å². The first kappa shape index (κ1) is 32.4. The van der Waals surface area contributed by atoms with E-state index in [0.717, 1.165) is 0 Å². The van der Waals surface area contributed by atoms with Gasteiger partial charge in [-0.3, -0.25) is 9.79 Å². The summed E-state index contributed by atoms with van der Waals surface area (Å²) in [5, 5.41) is 8.55. The molecule has 0 saturated heterocycles. The fourth-order valence-corrected chi connectivity index (χ4v) is 3.35. The molecule has 1 heterocycles. The molecule has 0 unspecified atom stereocenters. The normalized spacial score (nSPS) is 11.4. The summed E-state index contributed by atoms with van der Waals surface area (Å²) in [6, 6.07) is 8.18. The summed E-state index contributed by atoms with van der Waals surface area (Å²) in [6.07, 6.45) is 7.31. The molecule has 0 fully saturated rings. The second-order valence-electron chi connectivity index (χ2n) is 8.44. The second-order valence-corrected chi connectivity index (χ2v) is 8.44. The summed E-state index contributed by atoms with van der Waals surface area (Å²) in [5.74, 6) is -0.954. The maximum atomic E-state index is 14.9. The maximum Gasteiger partial charge on any atom is 0.248 e. The number of anilines is 4. The Labute approximate surface area is 239 Å². The van der Waals surface area contributed by atoms with E-state index in [9.17, 15) is 13.6 Å². The molecule has 41 heavy (non-hydrogen) atoms. The predicted molar refractivity (Wildman–Crippen MR) is 162 cm³/mol. The van der Waals surface area contributed by atoms with E-state index >= 15 is 0 Å². The fraction of sp³-hybridized carbons (Fsp3) is 0.241. The summed E-state index contributed by atoms with van der Waals surface area (Å²) < 4.78 is 34.4. The molecule has 5 N–H and O–H groups in total. The third-order valence-corrected chi connectivity index (χ3v) is 5.14. The summed E-state index contributed by atoms with van der Waals surface area (Å²) in [7, 11) is 6.76. The van der Waals surface area contributed by atoms with E-state index in [1.165, 1.54) is 62.1 Å². The SMILES string of the molecule is CC.CN=C/C(=C\N)Nc1ncc(-c2cc(F)cc(OC)c2)c(Nc2cc(NC(=O)/C=C/CN(C)C)ccc2F)n1. The quantitative estimate of drug-likeness (QED) is 0.185. The molecule has 0 aliphatic rings. The standard InChI is InChI=1S/C27H30F2N8O2.C2H6/c1-31-15-20(14-30)34-27-32-16-22(17-10-18(28)12-21(11-17)39-4)26(36-27)35-24-13-19(7-8-23(24)29)33-25(38)6-5-9-37(2)3;1-2/h5-8,10-16H,9,30H2,1-4H3,(H,33,38)(H2,32,34,35,36);1-2H3/b6-5+,20-14+,31-15?;. The van der Waals surface area contributed by atoms with Gasteiger partial charge in [-0.05, 0) is 50.0 Å². The number of nitrogens with one attached hydrogen (secondary N) is 3. The number of allylic oxidation sites excluding steroid dienone is 1. The van der Waals surface area contributed by atoms with Gasteiger partial charge in [-0.15, -0.1) is 0 Å². The molecular formula is C29H36F2N8O2. The van der Waals surface area contributed by atoms with Crippen LogP contribution in [0.25, 0.3) is 11.1 Å². The highest BCUT2D eigenvalue weighted by Gasteiger charge is 2.15. The minimum Gasteiger partial charge on any atom is -0.497 e. The first-order valence-corrected chi connectivity index (χ1v) is 12.7. The van der Waals surface area contributed by atoms with Crippen LogP contribution < -0.4 is 26.4 Å². The largest absolute Gasteiger partial charge is 0.497 e. The van der Waals surface area contributed by atoms with Gasteiger partial charge in [0.25, 0.3) is 0 Å². The van der Waals surface area contributed by atoms with Crippen LogP contribution in [0.3, 0.4) is 0 Å². The summed E-state index contributed by atoms with van der Waals surface area (Å²) in [4.78, 5) is 26.8. The minimum absolute atomic E-state index is 0.0176. The molecular weight excluding hydrogens is 530 g/mol. The van der Waals surface area contributed by atoms with E-state index in [1.807, 2.05) is 32.8 Å². The first-order chi connectivity index (χ1) is 19.7. The number of methoxy groups -OCH3 is 1. The van der Waals surface area contributed by atoms with Gasteiger partial charge in [0.15, 0.2) is 0 Å². The lowest BCUT2D eigenvalue weighted by Crippen LogP contribution is -2.13. The maximum absolute atomic E-state index is 14.9. The average Bonchev–Trinajstić information content (AvgIpc) is 2.95. The lowest BCUT2D eigenvalue weighted by Gasteiger charge is -2.15. The molecule has 3 aromatic rings. The summed E-state index contributed by atoms with van der Waals surface area (Å²) in [5.41, 5.74) is 7.17. The molecule has 0 atom stereocenters. The molecule has 0 aliphatic heterocycles. The highest BCUT2D eigenvalue weighted by Crippen LogP contribution is 2.33.